The average molecular weight is 355 g/mol. The Bertz CT molecular complexity index is 749. The number of fused-ring (bicyclic) bond motifs is 1. The fourth-order valence-corrected chi connectivity index (χ4v) is 4.69. The fraction of sp³-hybridized carbons (Fsp3) is 0.524. The van der Waals surface area contributed by atoms with Crippen LogP contribution in [0.2, 0.25) is 0 Å². The zero-order valence-electron chi connectivity index (χ0n) is 15.2. The third-order valence-electron chi connectivity index (χ3n) is 6.01. The van der Waals surface area contributed by atoms with E-state index < -0.39 is 5.60 Å². The minimum absolute atomic E-state index is 0.202. The maximum absolute atomic E-state index is 13.2. The normalized spacial score (nSPS) is 28.4. The van der Waals surface area contributed by atoms with Crippen LogP contribution in [-0.4, -0.2) is 33.1 Å². The Hall–Kier alpha value is -1.85. The lowest BCUT2D eigenvalue weighted by atomic mass is 9.82. The summed E-state index contributed by atoms with van der Waals surface area (Å²) in [7, 11) is 0. The van der Waals surface area contributed by atoms with Crippen molar-refractivity contribution >= 4 is 0 Å². The van der Waals surface area contributed by atoms with E-state index in [2.05, 4.69) is 21.8 Å². The molecule has 4 nitrogen and oxygen atoms in total. The molecular formula is C21H26FN3O. The zero-order valence-corrected chi connectivity index (χ0v) is 15.2. The van der Waals surface area contributed by atoms with E-state index in [0.29, 0.717) is 5.92 Å². The third-order valence-corrected chi connectivity index (χ3v) is 6.01. The molecule has 1 aromatic carbocycles. The van der Waals surface area contributed by atoms with E-state index in [-0.39, 0.29) is 11.7 Å². The molecule has 0 amide bonds. The van der Waals surface area contributed by atoms with Crippen LogP contribution in [0.1, 0.15) is 43.1 Å². The van der Waals surface area contributed by atoms with Gasteiger partial charge in [-0.2, -0.15) is 0 Å². The van der Waals surface area contributed by atoms with Crippen LogP contribution >= 0.6 is 0 Å². The van der Waals surface area contributed by atoms with Crippen molar-refractivity contribution in [2.24, 2.45) is 11.8 Å². The van der Waals surface area contributed by atoms with Crippen LogP contribution in [0.5, 0.6) is 0 Å². The topological polar surface area (TPSA) is 49.2 Å². The summed E-state index contributed by atoms with van der Waals surface area (Å²) in [5.74, 6) is 1.34. The number of aromatic nitrogens is 2. The molecule has 138 valence electrons. The number of aliphatic hydroxyl groups is 1. The summed E-state index contributed by atoms with van der Waals surface area (Å²) in [5.41, 5.74) is 1.13. The van der Waals surface area contributed by atoms with Gasteiger partial charge in [-0.1, -0.05) is 19.1 Å². The molecule has 2 heterocycles. The molecule has 1 saturated carbocycles. The SMILES string of the molecule is CCCc1ncc(CN2CC3CCC(O)(c4ccc(F)cc4)C3C2)cn1. The van der Waals surface area contributed by atoms with Crippen molar-refractivity contribution in [3.8, 4) is 0 Å². The van der Waals surface area contributed by atoms with Gasteiger partial charge in [-0.15, -0.1) is 0 Å². The van der Waals surface area contributed by atoms with Gasteiger partial charge in [0.25, 0.3) is 0 Å². The molecule has 1 aromatic heterocycles. The maximum Gasteiger partial charge on any atom is 0.128 e. The van der Waals surface area contributed by atoms with E-state index in [0.717, 1.165) is 62.3 Å². The summed E-state index contributed by atoms with van der Waals surface area (Å²) in [6, 6.07) is 6.37. The quantitative estimate of drug-likeness (QED) is 0.894. The minimum Gasteiger partial charge on any atom is -0.385 e. The van der Waals surface area contributed by atoms with E-state index in [1.807, 2.05) is 12.4 Å². The highest BCUT2D eigenvalue weighted by molar-refractivity contribution is 5.27. The van der Waals surface area contributed by atoms with Crippen molar-refractivity contribution in [2.75, 3.05) is 13.1 Å². The number of hydrogen-bond donors (Lipinski definition) is 1. The monoisotopic (exact) mass is 355 g/mol. The lowest BCUT2D eigenvalue weighted by Gasteiger charge is -2.31. The minimum atomic E-state index is -0.839. The molecule has 0 radical (unpaired) electrons. The lowest BCUT2D eigenvalue weighted by molar-refractivity contribution is -0.00688. The zero-order chi connectivity index (χ0) is 18.1. The number of hydrogen-bond acceptors (Lipinski definition) is 4. The molecule has 26 heavy (non-hydrogen) atoms. The number of rotatable bonds is 5. The largest absolute Gasteiger partial charge is 0.385 e. The van der Waals surface area contributed by atoms with Crippen molar-refractivity contribution in [1.29, 1.82) is 0 Å². The van der Waals surface area contributed by atoms with E-state index in [1.165, 1.54) is 12.1 Å². The Balaban J connectivity index is 1.45. The molecule has 1 N–H and O–H groups in total. The summed E-state index contributed by atoms with van der Waals surface area (Å²) < 4.78 is 13.2. The van der Waals surface area contributed by atoms with Gasteiger partial charge in [0.05, 0.1) is 5.60 Å². The summed E-state index contributed by atoms with van der Waals surface area (Å²) >= 11 is 0. The summed E-state index contributed by atoms with van der Waals surface area (Å²) in [6.07, 6.45) is 7.60. The molecular weight excluding hydrogens is 329 g/mol. The Morgan fingerprint density at radius 1 is 1.19 bits per heavy atom. The van der Waals surface area contributed by atoms with Crippen molar-refractivity contribution in [3.05, 3.63) is 59.4 Å². The highest BCUT2D eigenvalue weighted by Crippen LogP contribution is 2.50. The molecule has 2 fully saturated rings. The van der Waals surface area contributed by atoms with E-state index in [9.17, 15) is 9.50 Å². The van der Waals surface area contributed by atoms with Crippen LogP contribution in [0.25, 0.3) is 0 Å². The van der Waals surface area contributed by atoms with Gasteiger partial charge in [-0.3, -0.25) is 4.90 Å². The number of likely N-dealkylation sites (tertiary alicyclic amines) is 1. The van der Waals surface area contributed by atoms with E-state index in [4.69, 9.17) is 0 Å². The molecule has 1 saturated heterocycles. The number of aryl methyl sites for hydroxylation is 1. The Morgan fingerprint density at radius 3 is 2.62 bits per heavy atom. The van der Waals surface area contributed by atoms with Crippen LogP contribution in [0.3, 0.4) is 0 Å². The summed E-state index contributed by atoms with van der Waals surface area (Å²) in [6.45, 7) is 4.79. The molecule has 1 aliphatic carbocycles. The first-order valence-corrected chi connectivity index (χ1v) is 9.59. The van der Waals surface area contributed by atoms with Gasteiger partial charge in [0.2, 0.25) is 0 Å². The molecule has 0 spiro atoms. The Labute approximate surface area is 154 Å². The molecule has 2 aromatic rings. The molecule has 0 bridgehead atoms. The van der Waals surface area contributed by atoms with E-state index in [1.54, 1.807) is 12.1 Å². The first kappa shape index (κ1) is 17.6. The average Bonchev–Trinajstić information content (AvgIpc) is 3.18. The van der Waals surface area contributed by atoms with Gasteiger partial charge >= 0.3 is 0 Å². The second-order valence-electron chi connectivity index (χ2n) is 7.79. The van der Waals surface area contributed by atoms with Crippen LogP contribution in [0.15, 0.2) is 36.7 Å². The standard InChI is InChI=1S/C21H26FN3O/c1-2-3-20-23-10-15(11-24-20)12-25-13-16-8-9-21(26,19(16)14-25)17-4-6-18(22)7-5-17/h4-7,10-11,16,19,26H,2-3,8-9,12-14H2,1H3. The second-order valence-corrected chi connectivity index (χ2v) is 7.79. The molecule has 1 aliphatic heterocycles. The molecule has 5 heteroatoms. The van der Waals surface area contributed by atoms with Crippen molar-refractivity contribution in [1.82, 2.24) is 14.9 Å². The molecule has 3 unspecified atom stereocenters. The molecule has 2 aliphatic rings. The van der Waals surface area contributed by atoms with Gasteiger partial charge < -0.3 is 5.11 Å². The second kappa shape index (κ2) is 7.05. The lowest BCUT2D eigenvalue weighted by Crippen LogP contribution is -2.34. The number of halogens is 1. The van der Waals surface area contributed by atoms with Gasteiger partial charge in [-0.25, -0.2) is 14.4 Å². The van der Waals surface area contributed by atoms with Crippen LogP contribution in [0.4, 0.5) is 4.39 Å². The molecule has 4 rings (SSSR count). The van der Waals surface area contributed by atoms with Gasteiger partial charge in [-0.05, 0) is 42.9 Å². The van der Waals surface area contributed by atoms with Crippen LogP contribution in [-0.2, 0) is 18.6 Å². The molecule has 3 atom stereocenters. The first-order chi connectivity index (χ1) is 12.6. The predicted molar refractivity (Wildman–Crippen MR) is 97.8 cm³/mol. The first-order valence-electron chi connectivity index (χ1n) is 9.59. The number of nitrogens with zero attached hydrogens (tertiary/aromatic N) is 3. The van der Waals surface area contributed by atoms with Gasteiger partial charge in [0.15, 0.2) is 0 Å². The highest BCUT2D eigenvalue weighted by atomic mass is 19.1. The maximum atomic E-state index is 13.2. The highest BCUT2D eigenvalue weighted by Gasteiger charge is 2.52. The summed E-state index contributed by atoms with van der Waals surface area (Å²) in [5, 5.41) is 11.3. The smallest absolute Gasteiger partial charge is 0.128 e. The van der Waals surface area contributed by atoms with Crippen LogP contribution < -0.4 is 0 Å². The third kappa shape index (κ3) is 3.26. The van der Waals surface area contributed by atoms with Crippen molar-refractivity contribution in [3.63, 3.8) is 0 Å². The van der Waals surface area contributed by atoms with E-state index >= 15 is 0 Å². The Morgan fingerprint density at radius 2 is 1.92 bits per heavy atom. The van der Waals surface area contributed by atoms with Crippen molar-refractivity contribution < 1.29 is 9.50 Å². The number of benzene rings is 1. The summed E-state index contributed by atoms with van der Waals surface area (Å²) in [4.78, 5) is 11.3. The Kier molecular flexibility index (Phi) is 4.76. The fourth-order valence-electron chi connectivity index (χ4n) is 4.69. The predicted octanol–water partition coefficient (Wildman–Crippen LogP) is 3.30. The van der Waals surface area contributed by atoms with Crippen molar-refractivity contribution in [2.45, 2.75) is 44.8 Å². The van der Waals surface area contributed by atoms with Crippen LogP contribution in [0, 0.1) is 17.7 Å². The van der Waals surface area contributed by atoms with Gasteiger partial charge in [0.1, 0.15) is 11.6 Å². The van der Waals surface area contributed by atoms with Gasteiger partial charge in [0, 0.05) is 49.9 Å².